The first kappa shape index (κ1) is 19.9. The van der Waals surface area contributed by atoms with Gasteiger partial charge in [-0.05, 0) is 51.5 Å². The number of carbonyl (C=O) groups excluding carboxylic acids is 3. The minimum absolute atomic E-state index is 0.0741. The number of rotatable bonds is 6. The van der Waals surface area contributed by atoms with Crippen molar-refractivity contribution < 1.29 is 28.6 Å². The van der Waals surface area contributed by atoms with Crippen molar-refractivity contribution in [1.82, 2.24) is 4.90 Å². The minimum Gasteiger partial charge on any atom is -0.493 e. The van der Waals surface area contributed by atoms with Crippen molar-refractivity contribution in [1.29, 1.82) is 0 Å². The first-order valence-electron chi connectivity index (χ1n) is 7.17. The summed E-state index contributed by atoms with van der Waals surface area (Å²) in [6.45, 7) is -0.356. The van der Waals surface area contributed by atoms with Crippen LogP contribution in [0.4, 0.5) is 4.79 Å². The molecule has 0 spiro atoms. The Balaban J connectivity index is 2.30. The molecule has 0 aromatic heterocycles. The molecule has 0 radical (unpaired) electrons. The van der Waals surface area contributed by atoms with E-state index in [2.05, 4.69) is 26.6 Å². The lowest BCUT2D eigenvalue weighted by Crippen LogP contribution is -2.28. The van der Waals surface area contributed by atoms with E-state index < -0.39 is 17.1 Å². The van der Waals surface area contributed by atoms with Crippen LogP contribution in [0.15, 0.2) is 21.5 Å². The van der Waals surface area contributed by atoms with Gasteiger partial charge >= 0.3 is 5.97 Å². The number of ether oxygens (including phenoxy) is 3. The molecule has 1 saturated heterocycles. The number of nitrogens with zero attached hydrogens (tertiary/aromatic N) is 1. The van der Waals surface area contributed by atoms with Gasteiger partial charge in [0.15, 0.2) is 18.1 Å². The molecule has 0 saturated carbocycles. The Kier molecular flexibility index (Phi) is 6.71. The molecule has 1 aliphatic heterocycles. The monoisotopic (exact) mass is 439 g/mol. The van der Waals surface area contributed by atoms with Gasteiger partial charge in [-0.3, -0.25) is 14.5 Å². The van der Waals surface area contributed by atoms with Crippen LogP contribution >= 0.6 is 27.7 Å². The van der Waals surface area contributed by atoms with Gasteiger partial charge in [-0.25, -0.2) is 4.79 Å². The number of terminal acetylenes is 1. The number of benzene rings is 1. The maximum absolute atomic E-state index is 12.2. The van der Waals surface area contributed by atoms with Crippen molar-refractivity contribution >= 4 is 50.9 Å². The number of hydrogen-bond donors (Lipinski definition) is 0. The number of thioether (sulfide) groups is 1. The zero-order valence-electron chi connectivity index (χ0n) is 13.9. The zero-order valence-corrected chi connectivity index (χ0v) is 16.3. The Morgan fingerprint density at radius 1 is 1.38 bits per heavy atom. The van der Waals surface area contributed by atoms with E-state index in [1.54, 1.807) is 18.2 Å². The molecule has 1 aromatic rings. The third-order valence-electron chi connectivity index (χ3n) is 3.23. The number of amides is 2. The lowest BCUT2D eigenvalue weighted by Gasteiger charge is -2.13. The van der Waals surface area contributed by atoms with E-state index in [0.29, 0.717) is 21.5 Å². The molecule has 1 aliphatic rings. The SMILES string of the molecule is C#CCN1C(=O)S/C(=C/c2cc(Br)c(OCC(=O)OC)c(OC)c2)C1=O. The van der Waals surface area contributed by atoms with Crippen LogP contribution in [0.3, 0.4) is 0 Å². The van der Waals surface area contributed by atoms with Crippen LogP contribution in [0, 0.1) is 12.3 Å². The molecule has 0 atom stereocenters. The molecular weight excluding hydrogens is 426 g/mol. The Labute approximate surface area is 162 Å². The molecular formula is C17H14BrNO6S. The third kappa shape index (κ3) is 4.39. The van der Waals surface area contributed by atoms with Crippen molar-refractivity contribution in [3.05, 3.63) is 27.1 Å². The van der Waals surface area contributed by atoms with Crippen LogP contribution in [0.1, 0.15) is 5.56 Å². The van der Waals surface area contributed by atoms with Gasteiger partial charge < -0.3 is 14.2 Å². The van der Waals surface area contributed by atoms with E-state index in [0.717, 1.165) is 16.7 Å². The number of esters is 1. The average Bonchev–Trinajstić information content (AvgIpc) is 2.87. The number of imide groups is 1. The standard InChI is InChI=1S/C17H14BrNO6S/c1-4-5-19-16(21)13(26-17(19)22)8-10-6-11(18)15(12(7-10)23-2)25-9-14(20)24-3/h1,6-8H,5,9H2,2-3H3/b13-8+. The second-order valence-electron chi connectivity index (χ2n) is 4.87. The van der Waals surface area contributed by atoms with E-state index in [4.69, 9.17) is 15.9 Å². The van der Waals surface area contributed by atoms with Gasteiger partial charge in [0.25, 0.3) is 11.1 Å². The second kappa shape index (κ2) is 8.78. The fourth-order valence-corrected chi connectivity index (χ4v) is 3.44. The number of hydrogen-bond acceptors (Lipinski definition) is 7. The Morgan fingerprint density at radius 3 is 2.73 bits per heavy atom. The highest BCUT2D eigenvalue weighted by molar-refractivity contribution is 9.10. The summed E-state index contributed by atoms with van der Waals surface area (Å²) in [7, 11) is 2.70. The van der Waals surface area contributed by atoms with Crippen LogP contribution in [0.2, 0.25) is 0 Å². The fraction of sp³-hybridized carbons (Fsp3) is 0.235. The summed E-state index contributed by atoms with van der Waals surface area (Å²) < 4.78 is 15.7. The van der Waals surface area contributed by atoms with Gasteiger partial charge in [0.2, 0.25) is 0 Å². The van der Waals surface area contributed by atoms with Crippen LogP contribution in [0.25, 0.3) is 6.08 Å². The van der Waals surface area contributed by atoms with Crippen LogP contribution in [-0.4, -0.2) is 49.4 Å². The van der Waals surface area contributed by atoms with Crippen LogP contribution < -0.4 is 9.47 Å². The molecule has 0 bridgehead atoms. The van der Waals surface area contributed by atoms with Crippen molar-refractivity contribution in [2.45, 2.75) is 0 Å². The highest BCUT2D eigenvalue weighted by Crippen LogP contribution is 2.39. The van der Waals surface area contributed by atoms with Crippen molar-refractivity contribution in [2.75, 3.05) is 27.4 Å². The largest absolute Gasteiger partial charge is 0.493 e. The summed E-state index contributed by atoms with van der Waals surface area (Å²) in [5.74, 6) is 1.96. The Hall–Kier alpha value is -2.44. The number of halogens is 1. The van der Waals surface area contributed by atoms with Crippen LogP contribution in [0.5, 0.6) is 11.5 Å². The number of carbonyl (C=O) groups is 3. The predicted molar refractivity (Wildman–Crippen MR) is 99.7 cm³/mol. The van der Waals surface area contributed by atoms with E-state index in [-0.39, 0.29) is 18.1 Å². The molecule has 0 aliphatic carbocycles. The van der Waals surface area contributed by atoms with Gasteiger partial charge in [0.1, 0.15) is 0 Å². The highest BCUT2D eigenvalue weighted by atomic mass is 79.9. The normalized spacial score (nSPS) is 15.2. The molecule has 1 heterocycles. The summed E-state index contributed by atoms with van der Waals surface area (Å²) in [6.07, 6.45) is 6.72. The number of methoxy groups -OCH3 is 2. The van der Waals surface area contributed by atoms with Crippen LogP contribution in [-0.2, 0) is 14.3 Å². The molecule has 1 aromatic carbocycles. The topological polar surface area (TPSA) is 82.1 Å². The predicted octanol–water partition coefficient (Wildman–Crippen LogP) is 2.68. The van der Waals surface area contributed by atoms with Gasteiger partial charge in [-0.2, -0.15) is 0 Å². The minimum atomic E-state index is -0.537. The van der Waals surface area contributed by atoms with Gasteiger partial charge in [-0.1, -0.05) is 5.92 Å². The first-order chi connectivity index (χ1) is 12.4. The fourth-order valence-electron chi connectivity index (χ4n) is 2.03. The quantitative estimate of drug-likeness (QED) is 0.382. The van der Waals surface area contributed by atoms with Crippen molar-refractivity contribution in [3.8, 4) is 23.8 Å². The zero-order chi connectivity index (χ0) is 19.3. The molecule has 26 heavy (non-hydrogen) atoms. The smallest absolute Gasteiger partial charge is 0.343 e. The van der Waals surface area contributed by atoms with Crippen molar-refractivity contribution in [3.63, 3.8) is 0 Å². The lowest BCUT2D eigenvalue weighted by atomic mass is 10.2. The Morgan fingerprint density at radius 2 is 2.12 bits per heavy atom. The first-order valence-corrected chi connectivity index (χ1v) is 8.78. The molecule has 2 rings (SSSR count). The van der Waals surface area contributed by atoms with E-state index in [1.165, 1.54) is 14.2 Å². The van der Waals surface area contributed by atoms with Gasteiger partial charge in [0, 0.05) is 0 Å². The molecule has 1 fully saturated rings. The molecule has 7 nitrogen and oxygen atoms in total. The molecule has 9 heteroatoms. The summed E-state index contributed by atoms with van der Waals surface area (Å²) in [5.41, 5.74) is 0.602. The van der Waals surface area contributed by atoms with E-state index in [1.807, 2.05) is 0 Å². The summed E-state index contributed by atoms with van der Waals surface area (Å²) in [5, 5.41) is -0.414. The summed E-state index contributed by atoms with van der Waals surface area (Å²) in [4.78, 5) is 36.5. The second-order valence-corrected chi connectivity index (χ2v) is 6.72. The maximum atomic E-state index is 12.2. The molecule has 2 amide bonds. The van der Waals surface area contributed by atoms with Gasteiger partial charge in [0.05, 0.1) is 30.1 Å². The third-order valence-corrected chi connectivity index (χ3v) is 4.73. The summed E-state index contributed by atoms with van der Waals surface area (Å²) >= 11 is 4.15. The molecule has 0 N–H and O–H groups in total. The summed E-state index contributed by atoms with van der Waals surface area (Å²) in [6, 6.07) is 3.29. The van der Waals surface area contributed by atoms with E-state index in [9.17, 15) is 14.4 Å². The Bertz CT molecular complexity index is 829. The molecule has 0 unspecified atom stereocenters. The van der Waals surface area contributed by atoms with E-state index >= 15 is 0 Å². The van der Waals surface area contributed by atoms with Gasteiger partial charge in [-0.15, -0.1) is 6.42 Å². The maximum Gasteiger partial charge on any atom is 0.343 e. The molecule has 136 valence electrons. The van der Waals surface area contributed by atoms with Crippen molar-refractivity contribution in [2.24, 2.45) is 0 Å². The highest BCUT2D eigenvalue weighted by Gasteiger charge is 2.34. The lowest BCUT2D eigenvalue weighted by molar-refractivity contribution is -0.143. The average molecular weight is 440 g/mol.